The minimum Gasteiger partial charge on any atom is -0.481 e. The lowest BCUT2D eigenvalue weighted by Gasteiger charge is -2.26. The number of carboxylic acid groups (broad SMARTS) is 1. The van der Waals surface area contributed by atoms with Crippen molar-refractivity contribution in [3.05, 3.63) is 0 Å². The molecule has 0 aromatic rings. The van der Waals surface area contributed by atoms with E-state index in [-0.39, 0.29) is 6.42 Å². The van der Waals surface area contributed by atoms with Crippen molar-refractivity contribution in [2.24, 2.45) is 11.8 Å². The molecule has 1 atom stereocenters. The van der Waals surface area contributed by atoms with Crippen molar-refractivity contribution < 1.29 is 41.0 Å². The number of aliphatic carboxylic acids is 1. The van der Waals surface area contributed by atoms with Gasteiger partial charge in [-0.3, -0.25) is 9.59 Å². The minimum atomic E-state index is -5.75. The molecule has 1 aliphatic heterocycles. The van der Waals surface area contributed by atoms with Crippen molar-refractivity contribution in [1.29, 1.82) is 0 Å². The molecule has 110 valence electrons. The monoisotopic (exact) mass is 293 g/mol. The lowest BCUT2D eigenvalue weighted by atomic mass is 10.1. The van der Waals surface area contributed by atoms with Crippen LogP contribution in [-0.4, -0.2) is 47.3 Å². The zero-order valence-electron chi connectivity index (χ0n) is 9.25. The maximum absolute atomic E-state index is 12.3. The highest BCUT2D eigenvalue weighted by molar-refractivity contribution is 5.82. The van der Waals surface area contributed by atoms with E-state index in [9.17, 15) is 35.9 Å². The van der Waals surface area contributed by atoms with Crippen LogP contribution in [0.15, 0.2) is 0 Å². The van der Waals surface area contributed by atoms with Crippen LogP contribution < -0.4 is 0 Å². The summed E-state index contributed by atoms with van der Waals surface area (Å²) < 4.78 is 73.8. The number of hydrogen-bond donors (Lipinski definition) is 1. The second-order valence-electron chi connectivity index (χ2n) is 4.12. The highest BCUT2D eigenvalue weighted by Gasteiger charge is 2.62. The third-order valence-electron chi connectivity index (χ3n) is 2.75. The molecular weight excluding hydrogens is 284 g/mol. The first kappa shape index (κ1) is 15.6. The molecule has 1 rings (SSSR count). The van der Waals surface area contributed by atoms with E-state index in [1.165, 1.54) is 0 Å². The molecule has 1 heterocycles. The predicted octanol–water partition coefficient (Wildman–Crippen LogP) is 1.66. The largest absolute Gasteiger partial charge is 0.481 e. The molecule has 0 radical (unpaired) electrons. The predicted molar refractivity (Wildman–Crippen MR) is 47.9 cm³/mol. The van der Waals surface area contributed by atoms with Crippen molar-refractivity contribution >= 4 is 11.9 Å². The number of nitrogens with zero attached hydrogens (tertiary/aromatic N) is 1. The van der Waals surface area contributed by atoms with E-state index < -0.39 is 49.2 Å². The Morgan fingerprint density at radius 3 is 1.89 bits per heavy atom. The smallest absolute Gasteiger partial charge is 0.409 e. The first-order valence-corrected chi connectivity index (χ1v) is 5.09. The SMILES string of the molecule is O=C(O)C1CCN(C(=O)C(C(F)(F)F)C(F)(F)F)C1. The van der Waals surface area contributed by atoms with Gasteiger partial charge in [0.1, 0.15) is 0 Å². The molecule has 0 spiro atoms. The fourth-order valence-electron chi connectivity index (χ4n) is 1.81. The van der Waals surface area contributed by atoms with Gasteiger partial charge in [0.05, 0.1) is 5.92 Å². The van der Waals surface area contributed by atoms with Crippen LogP contribution in [0.25, 0.3) is 0 Å². The molecule has 0 saturated carbocycles. The van der Waals surface area contributed by atoms with Gasteiger partial charge in [-0.25, -0.2) is 0 Å². The van der Waals surface area contributed by atoms with Gasteiger partial charge in [-0.1, -0.05) is 0 Å². The zero-order valence-corrected chi connectivity index (χ0v) is 9.25. The summed E-state index contributed by atoms with van der Waals surface area (Å²) in [5, 5.41) is 8.59. The molecule has 1 N–H and O–H groups in total. The number of alkyl halides is 6. The quantitative estimate of drug-likeness (QED) is 0.788. The second-order valence-corrected chi connectivity index (χ2v) is 4.12. The average Bonchev–Trinajstić information content (AvgIpc) is 2.60. The molecule has 0 aromatic carbocycles. The van der Waals surface area contributed by atoms with Crippen LogP contribution in [0.3, 0.4) is 0 Å². The summed E-state index contributed by atoms with van der Waals surface area (Å²) in [6.07, 6.45) is -11.7. The third-order valence-corrected chi connectivity index (χ3v) is 2.75. The van der Waals surface area contributed by atoms with E-state index >= 15 is 0 Å². The van der Waals surface area contributed by atoms with E-state index in [4.69, 9.17) is 5.11 Å². The number of rotatable bonds is 2. The molecule has 4 nitrogen and oxygen atoms in total. The third kappa shape index (κ3) is 3.51. The van der Waals surface area contributed by atoms with Gasteiger partial charge in [-0.15, -0.1) is 0 Å². The number of hydrogen-bond acceptors (Lipinski definition) is 2. The summed E-state index contributed by atoms with van der Waals surface area (Å²) in [5.41, 5.74) is 0. The highest BCUT2D eigenvalue weighted by atomic mass is 19.4. The van der Waals surface area contributed by atoms with Gasteiger partial charge in [0.15, 0.2) is 0 Å². The Bertz CT molecular complexity index is 363. The van der Waals surface area contributed by atoms with E-state index in [0.717, 1.165) is 0 Å². The van der Waals surface area contributed by atoms with Gasteiger partial charge in [0.2, 0.25) is 11.8 Å². The fraction of sp³-hybridized carbons (Fsp3) is 0.778. The summed E-state index contributed by atoms with van der Waals surface area (Å²) in [6.45, 7) is -1.07. The molecule has 0 aliphatic carbocycles. The summed E-state index contributed by atoms with van der Waals surface area (Å²) in [6, 6.07) is 0. The number of likely N-dealkylation sites (tertiary alicyclic amines) is 1. The van der Waals surface area contributed by atoms with Crippen molar-refractivity contribution in [3.63, 3.8) is 0 Å². The van der Waals surface area contributed by atoms with Crippen molar-refractivity contribution in [1.82, 2.24) is 4.90 Å². The minimum absolute atomic E-state index is 0.163. The van der Waals surface area contributed by atoms with Crippen molar-refractivity contribution in [2.75, 3.05) is 13.1 Å². The van der Waals surface area contributed by atoms with E-state index in [1.54, 1.807) is 0 Å². The Balaban J connectivity index is 2.89. The lowest BCUT2D eigenvalue weighted by molar-refractivity contribution is -0.277. The molecule has 1 fully saturated rings. The number of carboxylic acids is 1. The maximum atomic E-state index is 12.3. The van der Waals surface area contributed by atoms with Crippen LogP contribution in [0.4, 0.5) is 26.3 Å². The van der Waals surface area contributed by atoms with Gasteiger partial charge in [-0.2, -0.15) is 26.3 Å². The van der Waals surface area contributed by atoms with Gasteiger partial charge in [0.25, 0.3) is 0 Å². The Morgan fingerprint density at radius 2 is 1.58 bits per heavy atom. The number of carbonyl (C=O) groups excluding carboxylic acids is 1. The van der Waals surface area contributed by atoms with E-state index in [0.29, 0.717) is 4.90 Å². The lowest BCUT2D eigenvalue weighted by Crippen LogP contribution is -2.49. The average molecular weight is 293 g/mol. The topological polar surface area (TPSA) is 57.6 Å². The molecule has 1 amide bonds. The van der Waals surface area contributed by atoms with Crippen molar-refractivity contribution in [2.45, 2.75) is 18.8 Å². The van der Waals surface area contributed by atoms with Crippen LogP contribution in [0.2, 0.25) is 0 Å². The van der Waals surface area contributed by atoms with Crippen molar-refractivity contribution in [3.8, 4) is 0 Å². The van der Waals surface area contributed by atoms with Crippen LogP contribution in [0, 0.1) is 11.8 Å². The van der Waals surface area contributed by atoms with Crippen LogP contribution in [-0.2, 0) is 9.59 Å². The Morgan fingerprint density at radius 1 is 1.11 bits per heavy atom. The highest BCUT2D eigenvalue weighted by Crippen LogP contribution is 2.41. The fourth-order valence-corrected chi connectivity index (χ4v) is 1.81. The van der Waals surface area contributed by atoms with Gasteiger partial charge < -0.3 is 10.0 Å². The Labute approximate surface area is 103 Å². The molecule has 1 aliphatic rings. The first-order valence-electron chi connectivity index (χ1n) is 5.09. The molecule has 0 bridgehead atoms. The zero-order chi connectivity index (χ0) is 15.0. The number of carbonyl (C=O) groups is 2. The summed E-state index contributed by atoms with van der Waals surface area (Å²) >= 11 is 0. The van der Waals surface area contributed by atoms with E-state index in [1.807, 2.05) is 0 Å². The molecule has 19 heavy (non-hydrogen) atoms. The maximum Gasteiger partial charge on any atom is 0.409 e. The molecule has 1 saturated heterocycles. The van der Waals surface area contributed by atoms with Gasteiger partial charge in [-0.05, 0) is 6.42 Å². The standard InChI is InChI=1S/C9H9F6NO3/c10-8(11,12)5(9(13,14)15)6(17)16-2-1-4(3-16)7(18)19/h4-5H,1-3H2,(H,18,19). The Hall–Kier alpha value is -1.48. The molecular formula is C9H9F6NO3. The summed E-state index contributed by atoms with van der Waals surface area (Å²) in [7, 11) is 0. The molecule has 1 unspecified atom stereocenters. The van der Waals surface area contributed by atoms with Gasteiger partial charge in [0, 0.05) is 13.1 Å². The number of amides is 1. The van der Waals surface area contributed by atoms with Crippen LogP contribution >= 0.6 is 0 Å². The summed E-state index contributed by atoms with van der Waals surface area (Å²) in [5.74, 6) is -8.74. The Kier molecular flexibility index (Phi) is 4.01. The number of halogens is 6. The summed E-state index contributed by atoms with van der Waals surface area (Å²) in [4.78, 5) is 22.1. The van der Waals surface area contributed by atoms with Gasteiger partial charge >= 0.3 is 18.3 Å². The van der Waals surface area contributed by atoms with E-state index in [2.05, 4.69) is 0 Å². The second kappa shape index (κ2) is 4.89. The molecule has 10 heteroatoms. The normalized spacial score (nSPS) is 21.0. The first-order chi connectivity index (χ1) is 8.44. The van der Waals surface area contributed by atoms with Crippen LogP contribution in [0.1, 0.15) is 6.42 Å². The van der Waals surface area contributed by atoms with Crippen LogP contribution in [0.5, 0.6) is 0 Å². The molecule has 0 aromatic heterocycles.